The van der Waals surface area contributed by atoms with Crippen LogP contribution >= 0.6 is 0 Å². The van der Waals surface area contributed by atoms with Gasteiger partial charge in [-0.05, 0) is 38.0 Å². The minimum Gasteiger partial charge on any atom is -0.481 e. The smallest absolute Gasteiger partial charge is 0.315 e. The molecular formula is C13H22N2O4. The predicted octanol–water partition coefficient (Wildman–Crippen LogP) is 0.965. The molecule has 0 aromatic heterocycles. The monoisotopic (exact) mass is 270 g/mol. The fourth-order valence-corrected chi connectivity index (χ4v) is 2.34. The van der Waals surface area contributed by atoms with E-state index < -0.39 is 5.97 Å². The SMILES string of the molecule is O=C(NCCOCC1CC1)NC1CCC(C(=O)O)C1. The Bertz CT molecular complexity index is 331. The summed E-state index contributed by atoms with van der Waals surface area (Å²) in [4.78, 5) is 22.4. The number of rotatable bonds is 7. The van der Waals surface area contributed by atoms with Crippen molar-refractivity contribution in [2.75, 3.05) is 19.8 Å². The van der Waals surface area contributed by atoms with Gasteiger partial charge in [0.2, 0.25) is 0 Å². The second-order valence-electron chi connectivity index (χ2n) is 5.46. The highest BCUT2D eigenvalue weighted by Crippen LogP contribution is 2.28. The third-order valence-electron chi connectivity index (χ3n) is 3.70. The highest BCUT2D eigenvalue weighted by atomic mass is 16.5. The molecule has 2 amide bonds. The summed E-state index contributed by atoms with van der Waals surface area (Å²) in [6, 6.07) is -0.250. The maximum absolute atomic E-state index is 11.6. The van der Waals surface area contributed by atoms with Gasteiger partial charge >= 0.3 is 12.0 Å². The van der Waals surface area contributed by atoms with Crippen LogP contribution in [0.1, 0.15) is 32.1 Å². The number of nitrogens with one attached hydrogen (secondary N) is 2. The first-order chi connectivity index (χ1) is 9.15. The molecule has 0 radical (unpaired) electrons. The lowest BCUT2D eigenvalue weighted by Crippen LogP contribution is -2.42. The molecule has 0 spiro atoms. The Morgan fingerprint density at radius 1 is 1.21 bits per heavy atom. The van der Waals surface area contributed by atoms with E-state index in [0.29, 0.717) is 26.0 Å². The standard InChI is InChI=1S/C13H22N2O4/c16-12(17)10-3-4-11(7-10)15-13(18)14-5-6-19-8-9-1-2-9/h9-11H,1-8H2,(H,16,17)(H2,14,15,18). The lowest BCUT2D eigenvalue weighted by Gasteiger charge is -2.13. The van der Waals surface area contributed by atoms with Crippen molar-refractivity contribution in [2.45, 2.75) is 38.1 Å². The van der Waals surface area contributed by atoms with Crippen LogP contribution in [0.4, 0.5) is 4.79 Å². The molecule has 3 N–H and O–H groups in total. The Kier molecular flexibility index (Phi) is 5.01. The Balaban J connectivity index is 1.50. The number of carbonyl (C=O) groups excluding carboxylic acids is 1. The van der Waals surface area contributed by atoms with Gasteiger partial charge in [-0.15, -0.1) is 0 Å². The number of hydrogen-bond donors (Lipinski definition) is 3. The number of ether oxygens (including phenoxy) is 1. The van der Waals surface area contributed by atoms with Crippen LogP contribution in [-0.4, -0.2) is 42.9 Å². The number of aliphatic carboxylic acids is 1. The lowest BCUT2D eigenvalue weighted by molar-refractivity contribution is -0.141. The summed E-state index contributed by atoms with van der Waals surface area (Å²) >= 11 is 0. The number of carboxylic acids is 1. The number of hydrogen-bond acceptors (Lipinski definition) is 3. The molecule has 0 aromatic carbocycles. The molecule has 2 aliphatic rings. The second kappa shape index (κ2) is 6.75. The fourth-order valence-electron chi connectivity index (χ4n) is 2.34. The van der Waals surface area contributed by atoms with Gasteiger partial charge in [-0.2, -0.15) is 0 Å². The van der Waals surface area contributed by atoms with Gasteiger partial charge < -0.3 is 20.5 Å². The maximum Gasteiger partial charge on any atom is 0.315 e. The average Bonchev–Trinajstić information content (AvgIpc) is 3.06. The van der Waals surface area contributed by atoms with Gasteiger partial charge in [-0.25, -0.2) is 4.79 Å². The number of urea groups is 1. The summed E-state index contributed by atoms with van der Waals surface area (Å²) in [5.74, 6) is -0.342. The summed E-state index contributed by atoms with van der Waals surface area (Å²) in [7, 11) is 0. The van der Waals surface area contributed by atoms with Crippen molar-refractivity contribution in [3.05, 3.63) is 0 Å². The molecule has 2 unspecified atom stereocenters. The van der Waals surface area contributed by atoms with Crippen LogP contribution < -0.4 is 10.6 Å². The molecule has 6 heteroatoms. The van der Waals surface area contributed by atoms with Gasteiger partial charge in [-0.3, -0.25) is 4.79 Å². The van der Waals surface area contributed by atoms with E-state index >= 15 is 0 Å². The predicted molar refractivity (Wildman–Crippen MR) is 68.8 cm³/mol. The fraction of sp³-hybridized carbons (Fsp3) is 0.846. The van der Waals surface area contributed by atoms with Gasteiger partial charge in [-0.1, -0.05) is 0 Å². The summed E-state index contributed by atoms with van der Waals surface area (Å²) in [6.45, 7) is 1.83. The van der Waals surface area contributed by atoms with Crippen molar-refractivity contribution in [1.29, 1.82) is 0 Å². The van der Waals surface area contributed by atoms with Crippen LogP contribution in [-0.2, 0) is 9.53 Å². The van der Waals surface area contributed by atoms with Crippen molar-refractivity contribution in [1.82, 2.24) is 10.6 Å². The van der Waals surface area contributed by atoms with Crippen molar-refractivity contribution < 1.29 is 19.4 Å². The summed E-state index contributed by atoms with van der Waals surface area (Å²) in [5, 5.41) is 14.4. The van der Waals surface area contributed by atoms with Crippen molar-refractivity contribution in [2.24, 2.45) is 11.8 Å². The van der Waals surface area contributed by atoms with E-state index in [1.54, 1.807) is 0 Å². The Hall–Kier alpha value is -1.30. The van der Waals surface area contributed by atoms with Crippen LogP contribution in [0, 0.1) is 11.8 Å². The molecule has 108 valence electrons. The van der Waals surface area contributed by atoms with E-state index in [1.807, 2.05) is 0 Å². The van der Waals surface area contributed by atoms with Crippen LogP contribution in [0.5, 0.6) is 0 Å². The van der Waals surface area contributed by atoms with E-state index in [0.717, 1.165) is 18.9 Å². The van der Waals surface area contributed by atoms with Crippen molar-refractivity contribution in [3.8, 4) is 0 Å². The van der Waals surface area contributed by atoms with Gasteiger partial charge in [0.1, 0.15) is 0 Å². The molecule has 2 fully saturated rings. The molecule has 19 heavy (non-hydrogen) atoms. The van der Waals surface area contributed by atoms with Gasteiger partial charge in [0, 0.05) is 19.2 Å². The van der Waals surface area contributed by atoms with Crippen molar-refractivity contribution in [3.63, 3.8) is 0 Å². The minimum absolute atomic E-state index is 0.0199. The number of amides is 2. The lowest BCUT2D eigenvalue weighted by atomic mass is 10.1. The number of carbonyl (C=O) groups is 2. The van der Waals surface area contributed by atoms with Crippen molar-refractivity contribution >= 4 is 12.0 Å². The van der Waals surface area contributed by atoms with E-state index in [9.17, 15) is 9.59 Å². The Labute approximate surface area is 112 Å². The third kappa shape index (κ3) is 5.06. The minimum atomic E-state index is -0.766. The molecule has 0 bridgehead atoms. The van der Waals surface area contributed by atoms with E-state index in [-0.39, 0.29) is 18.0 Å². The summed E-state index contributed by atoms with van der Waals surface area (Å²) < 4.78 is 5.41. The molecule has 0 heterocycles. The molecule has 2 saturated carbocycles. The largest absolute Gasteiger partial charge is 0.481 e. The van der Waals surface area contributed by atoms with Crippen LogP contribution in [0.2, 0.25) is 0 Å². The van der Waals surface area contributed by atoms with E-state index in [4.69, 9.17) is 9.84 Å². The molecule has 0 aromatic rings. The first-order valence-electron chi connectivity index (χ1n) is 7.00. The zero-order valence-electron chi connectivity index (χ0n) is 11.1. The zero-order chi connectivity index (χ0) is 13.7. The van der Waals surface area contributed by atoms with Gasteiger partial charge in [0.25, 0.3) is 0 Å². The molecule has 2 aliphatic carbocycles. The average molecular weight is 270 g/mol. The Morgan fingerprint density at radius 3 is 2.63 bits per heavy atom. The maximum atomic E-state index is 11.6. The quantitative estimate of drug-likeness (QED) is 0.601. The first kappa shape index (κ1) is 14.1. The number of carboxylic acid groups (broad SMARTS) is 1. The van der Waals surface area contributed by atoms with Gasteiger partial charge in [0.15, 0.2) is 0 Å². The highest BCUT2D eigenvalue weighted by Gasteiger charge is 2.30. The van der Waals surface area contributed by atoms with Crippen LogP contribution in [0.25, 0.3) is 0 Å². The second-order valence-corrected chi connectivity index (χ2v) is 5.46. The normalized spacial score (nSPS) is 26.1. The summed E-state index contributed by atoms with van der Waals surface area (Å²) in [5.41, 5.74) is 0. The molecule has 2 rings (SSSR count). The molecule has 6 nitrogen and oxygen atoms in total. The first-order valence-corrected chi connectivity index (χ1v) is 7.00. The third-order valence-corrected chi connectivity index (χ3v) is 3.70. The van der Waals surface area contributed by atoms with Crippen LogP contribution in [0.3, 0.4) is 0 Å². The topological polar surface area (TPSA) is 87.7 Å². The zero-order valence-corrected chi connectivity index (χ0v) is 11.1. The molecule has 0 aliphatic heterocycles. The molecular weight excluding hydrogens is 248 g/mol. The van der Waals surface area contributed by atoms with E-state index in [2.05, 4.69) is 10.6 Å². The molecule has 0 saturated heterocycles. The van der Waals surface area contributed by atoms with Gasteiger partial charge in [0.05, 0.1) is 12.5 Å². The summed E-state index contributed by atoms with van der Waals surface area (Å²) in [6.07, 6.45) is 4.44. The highest BCUT2D eigenvalue weighted by molar-refractivity contribution is 5.75. The molecule has 2 atom stereocenters. The van der Waals surface area contributed by atoms with E-state index in [1.165, 1.54) is 12.8 Å². The Morgan fingerprint density at radius 2 is 2.00 bits per heavy atom. The van der Waals surface area contributed by atoms with Crippen LogP contribution in [0.15, 0.2) is 0 Å².